The molecule has 1 aromatic carbocycles. The molecule has 3 rings (SSSR count). The van der Waals surface area contributed by atoms with Crippen molar-refractivity contribution in [1.82, 2.24) is 4.90 Å². The van der Waals surface area contributed by atoms with E-state index in [0.717, 1.165) is 4.90 Å². The van der Waals surface area contributed by atoms with Crippen molar-refractivity contribution in [1.29, 1.82) is 0 Å². The van der Waals surface area contributed by atoms with Crippen molar-refractivity contribution in [2.24, 2.45) is 0 Å². The molecule has 1 aliphatic heterocycles. The lowest BCUT2D eigenvalue weighted by atomic mass is 10.0. The van der Waals surface area contributed by atoms with Crippen molar-refractivity contribution in [3.05, 3.63) is 52.1 Å². The summed E-state index contributed by atoms with van der Waals surface area (Å²) >= 11 is 0.700. The molecule has 8 nitrogen and oxygen atoms in total. The molecule has 0 spiro atoms. The van der Waals surface area contributed by atoms with E-state index in [0.29, 0.717) is 34.4 Å². The standard InChI is InChI=1S/C20H17NO7S/c1-10-13(5-4-6-14(10)18(23)24)15-8-7-12(28-15)9-16-17(22)21(20(26)29-16)11(2)19(25)27-3/h4-9,11H,1-3H3,(H,23,24)/b16-9+/t11-/m0/s1. The number of thioether (sulfide) groups is 1. The third kappa shape index (κ3) is 3.81. The number of furan rings is 1. The Morgan fingerprint density at radius 1 is 1.24 bits per heavy atom. The van der Waals surface area contributed by atoms with E-state index in [1.807, 2.05) is 0 Å². The highest BCUT2D eigenvalue weighted by Gasteiger charge is 2.41. The minimum absolute atomic E-state index is 0.114. The van der Waals surface area contributed by atoms with Crippen LogP contribution in [0, 0.1) is 6.92 Å². The number of hydrogen-bond donors (Lipinski definition) is 1. The van der Waals surface area contributed by atoms with Crippen LogP contribution in [0.4, 0.5) is 4.79 Å². The molecule has 2 amide bonds. The minimum atomic E-state index is -1.04. The van der Waals surface area contributed by atoms with E-state index < -0.39 is 29.1 Å². The quantitative estimate of drug-likeness (QED) is 0.582. The molecular formula is C20H17NO7S. The Balaban J connectivity index is 1.89. The molecule has 150 valence electrons. The number of benzene rings is 1. The maximum absolute atomic E-state index is 12.5. The van der Waals surface area contributed by atoms with Gasteiger partial charge in [-0.2, -0.15) is 0 Å². The van der Waals surface area contributed by atoms with Gasteiger partial charge in [-0.15, -0.1) is 0 Å². The Kier molecular flexibility index (Phi) is 5.60. The van der Waals surface area contributed by atoms with Gasteiger partial charge in [-0.3, -0.25) is 14.5 Å². The molecule has 1 aromatic heterocycles. The van der Waals surface area contributed by atoms with E-state index in [2.05, 4.69) is 4.74 Å². The number of carbonyl (C=O) groups is 4. The lowest BCUT2D eigenvalue weighted by molar-refractivity contribution is -0.148. The van der Waals surface area contributed by atoms with Crippen molar-refractivity contribution in [2.45, 2.75) is 19.9 Å². The van der Waals surface area contributed by atoms with E-state index >= 15 is 0 Å². The largest absolute Gasteiger partial charge is 0.478 e. The first-order chi connectivity index (χ1) is 13.7. The molecule has 1 aliphatic rings. The van der Waals surface area contributed by atoms with E-state index in [1.54, 1.807) is 31.2 Å². The summed E-state index contributed by atoms with van der Waals surface area (Å²) in [5, 5.41) is 8.69. The van der Waals surface area contributed by atoms with Crippen LogP contribution in [-0.2, 0) is 14.3 Å². The predicted molar refractivity (Wildman–Crippen MR) is 105 cm³/mol. The fourth-order valence-electron chi connectivity index (χ4n) is 2.93. The van der Waals surface area contributed by atoms with Crippen LogP contribution in [-0.4, -0.2) is 46.2 Å². The van der Waals surface area contributed by atoms with Gasteiger partial charge in [0.25, 0.3) is 11.1 Å². The molecule has 0 saturated carbocycles. The Bertz CT molecular complexity index is 1050. The van der Waals surface area contributed by atoms with Gasteiger partial charge in [0.05, 0.1) is 17.6 Å². The first-order valence-corrected chi connectivity index (χ1v) is 9.34. The molecule has 0 bridgehead atoms. The molecule has 29 heavy (non-hydrogen) atoms. The highest BCUT2D eigenvalue weighted by atomic mass is 32.2. The predicted octanol–water partition coefficient (Wildman–Crippen LogP) is 3.55. The maximum atomic E-state index is 12.5. The number of carboxylic acids is 1. The number of esters is 1. The second-order valence-corrected chi connectivity index (χ2v) is 7.23. The van der Waals surface area contributed by atoms with Gasteiger partial charge < -0.3 is 14.3 Å². The second kappa shape index (κ2) is 7.96. The molecule has 0 aliphatic carbocycles. The van der Waals surface area contributed by atoms with E-state index in [1.165, 1.54) is 26.2 Å². The highest BCUT2D eigenvalue weighted by Crippen LogP contribution is 2.35. The number of imide groups is 1. The topological polar surface area (TPSA) is 114 Å². The van der Waals surface area contributed by atoms with E-state index in [-0.39, 0.29) is 10.5 Å². The Labute approximate surface area is 170 Å². The fourth-order valence-corrected chi connectivity index (χ4v) is 3.82. The molecular weight excluding hydrogens is 398 g/mol. The van der Waals surface area contributed by atoms with Crippen LogP contribution in [0.3, 0.4) is 0 Å². The zero-order valence-electron chi connectivity index (χ0n) is 15.8. The first kappa shape index (κ1) is 20.4. The molecule has 2 heterocycles. The van der Waals surface area contributed by atoms with Crippen LogP contribution < -0.4 is 0 Å². The SMILES string of the molecule is COC(=O)[C@H](C)N1C(=O)S/C(=C/c2ccc(-c3cccc(C(=O)O)c3C)o2)C1=O. The fraction of sp³-hybridized carbons (Fsp3) is 0.200. The van der Waals surface area contributed by atoms with Crippen molar-refractivity contribution in [3.63, 3.8) is 0 Å². The molecule has 0 unspecified atom stereocenters. The number of methoxy groups -OCH3 is 1. The smallest absolute Gasteiger partial charge is 0.335 e. The zero-order valence-corrected chi connectivity index (χ0v) is 16.6. The number of carbonyl (C=O) groups excluding carboxylic acids is 3. The van der Waals surface area contributed by atoms with E-state index in [9.17, 15) is 24.3 Å². The van der Waals surface area contributed by atoms with Gasteiger partial charge in [-0.05, 0) is 49.4 Å². The molecule has 1 fully saturated rings. The van der Waals surface area contributed by atoms with Crippen molar-refractivity contribution in [3.8, 4) is 11.3 Å². The summed E-state index contributed by atoms with van der Waals surface area (Å²) in [6, 6.07) is 7.08. The number of hydrogen-bond acceptors (Lipinski definition) is 7. The van der Waals surface area contributed by atoms with Gasteiger partial charge >= 0.3 is 11.9 Å². The van der Waals surface area contributed by atoms with Crippen LogP contribution in [0.2, 0.25) is 0 Å². The van der Waals surface area contributed by atoms with Crippen molar-refractivity contribution < 1.29 is 33.4 Å². The lowest BCUT2D eigenvalue weighted by Crippen LogP contribution is -2.42. The highest BCUT2D eigenvalue weighted by molar-refractivity contribution is 8.18. The summed E-state index contributed by atoms with van der Waals surface area (Å²) < 4.78 is 10.3. The molecule has 2 aromatic rings. The van der Waals surface area contributed by atoms with Gasteiger partial charge in [-0.25, -0.2) is 9.59 Å². The van der Waals surface area contributed by atoms with Gasteiger partial charge in [-0.1, -0.05) is 12.1 Å². The van der Waals surface area contributed by atoms with Gasteiger partial charge in [0.2, 0.25) is 0 Å². The Morgan fingerprint density at radius 3 is 2.62 bits per heavy atom. The Morgan fingerprint density at radius 2 is 1.97 bits per heavy atom. The summed E-state index contributed by atoms with van der Waals surface area (Å²) in [6.07, 6.45) is 1.41. The first-order valence-electron chi connectivity index (χ1n) is 8.52. The van der Waals surface area contributed by atoms with Gasteiger partial charge in [0.15, 0.2) is 0 Å². The number of ether oxygens (including phenoxy) is 1. The van der Waals surface area contributed by atoms with Crippen molar-refractivity contribution >= 4 is 40.9 Å². The third-order valence-electron chi connectivity index (χ3n) is 4.48. The monoisotopic (exact) mass is 415 g/mol. The summed E-state index contributed by atoms with van der Waals surface area (Å²) in [7, 11) is 1.18. The number of carboxylic acid groups (broad SMARTS) is 1. The van der Waals surface area contributed by atoms with Gasteiger partial charge in [0, 0.05) is 11.6 Å². The number of amides is 2. The zero-order chi connectivity index (χ0) is 21.3. The molecule has 1 N–H and O–H groups in total. The van der Waals surface area contributed by atoms with Crippen LogP contribution in [0.25, 0.3) is 17.4 Å². The summed E-state index contributed by atoms with van der Waals surface area (Å²) in [6.45, 7) is 3.09. The summed E-state index contributed by atoms with van der Waals surface area (Å²) in [4.78, 5) is 48.6. The van der Waals surface area contributed by atoms with Gasteiger partial charge in [0.1, 0.15) is 17.6 Å². The van der Waals surface area contributed by atoms with Crippen LogP contribution in [0.1, 0.15) is 28.6 Å². The Hall–Kier alpha value is -3.33. The molecule has 1 saturated heterocycles. The molecule has 0 radical (unpaired) electrons. The lowest BCUT2D eigenvalue weighted by Gasteiger charge is -2.18. The summed E-state index contributed by atoms with van der Waals surface area (Å²) in [5.41, 5.74) is 1.32. The van der Waals surface area contributed by atoms with Crippen LogP contribution in [0.15, 0.2) is 39.7 Å². The van der Waals surface area contributed by atoms with E-state index in [4.69, 9.17) is 4.42 Å². The number of nitrogens with zero attached hydrogens (tertiary/aromatic N) is 1. The number of rotatable bonds is 5. The average molecular weight is 415 g/mol. The van der Waals surface area contributed by atoms with Crippen molar-refractivity contribution in [2.75, 3.05) is 7.11 Å². The molecule has 9 heteroatoms. The third-order valence-corrected chi connectivity index (χ3v) is 5.37. The molecule has 1 atom stereocenters. The summed E-state index contributed by atoms with van der Waals surface area (Å²) in [5.74, 6) is -1.59. The average Bonchev–Trinajstić information content (AvgIpc) is 3.25. The second-order valence-electron chi connectivity index (χ2n) is 6.24. The number of aromatic carboxylic acids is 1. The normalized spacial score (nSPS) is 16.4. The van der Waals surface area contributed by atoms with Crippen LogP contribution in [0.5, 0.6) is 0 Å². The van der Waals surface area contributed by atoms with Crippen LogP contribution >= 0.6 is 11.8 Å². The minimum Gasteiger partial charge on any atom is -0.478 e. The maximum Gasteiger partial charge on any atom is 0.335 e.